The molecule has 0 fully saturated rings. The molecule has 1 aromatic heterocycles. The van der Waals surface area contributed by atoms with Gasteiger partial charge in [-0.15, -0.1) is 11.3 Å². The van der Waals surface area contributed by atoms with Crippen molar-refractivity contribution in [1.29, 1.82) is 0 Å². The zero-order valence-corrected chi connectivity index (χ0v) is 15.8. The van der Waals surface area contributed by atoms with Gasteiger partial charge in [-0.2, -0.15) is 0 Å². The maximum Gasteiger partial charge on any atom is 0.248 e. The minimum Gasteiger partial charge on any atom is -0.366 e. The van der Waals surface area contributed by atoms with Crippen molar-refractivity contribution in [2.45, 2.75) is 25.8 Å². The van der Waals surface area contributed by atoms with Crippen molar-refractivity contribution in [2.75, 3.05) is 18.4 Å². The number of nitrogens with one attached hydrogen (secondary N) is 1. The summed E-state index contributed by atoms with van der Waals surface area (Å²) in [4.78, 5) is 39.0. The predicted molar refractivity (Wildman–Crippen MR) is 105 cm³/mol. The number of nitrogens with two attached hydrogens (primary N) is 2. The van der Waals surface area contributed by atoms with Crippen LogP contribution in [0.15, 0.2) is 29.6 Å². The Bertz CT molecular complexity index is 861. The first-order chi connectivity index (χ1) is 12.9. The number of nitrogens with zero attached hydrogens (tertiary/aromatic N) is 1. The maximum absolute atomic E-state index is 12.6. The Morgan fingerprint density at radius 1 is 1.19 bits per heavy atom. The molecule has 3 amide bonds. The van der Waals surface area contributed by atoms with Crippen molar-refractivity contribution in [3.05, 3.63) is 51.2 Å². The molecule has 142 valence electrons. The van der Waals surface area contributed by atoms with Gasteiger partial charge in [0.15, 0.2) is 0 Å². The number of anilines is 1. The van der Waals surface area contributed by atoms with Gasteiger partial charge in [0.2, 0.25) is 17.7 Å². The molecule has 1 aliphatic rings. The van der Waals surface area contributed by atoms with E-state index >= 15 is 0 Å². The Balaban J connectivity index is 1.74. The highest BCUT2D eigenvalue weighted by atomic mass is 32.1. The van der Waals surface area contributed by atoms with E-state index in [2.05, 4.69) is 28.6 Å². The quantitative estimate of drug-likeness (QED) is 0.702. The van der Waals surface area contributed by atoms with Gasteiger partial charge in [-0.1, -0.05) is 6.92 Å². The van der Waals surface area contributed by atoms with Crippen LogP contribution in [0.4, 0.5) is 5.69 Å². The smallest absolute Gasteiger partial charge is 0.248 e. The van der Waals surface area contributed by atoms with Crippen molar-refractivity contribution in [3.63, 3.8) is 0 Å². The molecular formula is C19H22N4O3S. The van der Waals surface area contributed by atoms with Gasteiger partial charge >= 0.3 is 0 Å². The summed E-state index contributed by atoms with van der Waals surface area (Å²) in [5.41, 5.74) is 12.4. The number of rotatable bonds is 6. The molecule has 3 rings (SSSR count). The lowest BCUT2D eigenvalue weighted by molar-refractivity contribution is -0.118. The van der Waals surface area contributed by atoms with E-state index in [0.29, 0.717) is 5.69 Å². The van der Waals surface area contributed by atoms with Crippen molar-refractivity contribution in [2.24, 2.45) is 11.5 Å². The third-order valence-electron chi connectivity index (χ3n) is 4.72. The summed E-state index contributed by atoms with van der Waals surface area (Å²) in [6, 6.07) is 6.54. The van der Waals surface area contributed by atoms with Crippen LogP contribution in [0.1, 0.15) is 50.5 Å². The molecule has 1 aromatic carbocycles. The van der Waals surface area contributed by atoms with Gasteiger partial charge in [0.1, 0.15) is 0 Å². The molecule has 0 aliphatic carbocycles. The third kappa shape index (κ3) is 4.17. The molecule has 8 heteroatoms. The van der Waals surface area contributed by atoms with Gasteiger partial charge in [0.05, 0.1) is 6.54 Å². The second-order valence-corrected chi connectivity index (χ2v) is 7.52. The lowest BCUT2D eigenvalue weighted by Crippen LogP contribution is -2.40. The molecule has 2 aromatic rings. The molecule has 0 spiro atoms. The van der Waals surface area contributed by atoms with Gasteiger partial charge in [0, 0.05) is 34.3 Å². The SMILES string of the molecule is CCC1c2ccsc2CCN1CC(=O)Nc1cc(C(N)=O)cc(C(N)=O)c1. The van der Waals surface area contributed by atoms with E-state index < -0.39 is 11.8 Å². The van der Waals surface area contributed by atoms with Crippen LogP contribution in [0.25, 0.3) is 0 Å². The molecule has 27 heavy (non-hydrogen) atoms. The van der Waals surface area contributed by atoms with Crippen LogP contribution < -0.4 is 16.8 Å². The molecule has 0 bridgehead atoms. The van der Waals surface area contributed by atoms with E-state index in [1.807, 2.05) is 0 Å². The van der Waals surface area contributed by atoms with E-state index in [-0.39, 0.29) is 29.6 Å². The maximum atomic E-state index is 12.6. The molecule has 7 nitrogen and oxygen atoms in total. The van der Waals surface area contributed by atoms with Crippen LogP contribution in [-0.2, 0) is 11.2 Å². The molecule has 5 N–H and O–H groups in total. The van der Waals surface area contributed by atoms with Gasteiger partial charge in [-0.05, 0) is 48.1 Å². The average molecular weight is 386 g/mol. The van der Waals surface area contributed by atoms with Crippen LogP contribution in [0.3, 0.4) is 0 Å². The Morgan fingerprint density at radius 3 is 2.44 bits per heavy atom. The fourth-order valence-electron chi connectivity index (χ4n) is 3.48. The molecule has 2 heterocycles. The van der Waals surface area contributed by atoms with E-state index in [0.717, 1.165) is 19.4 Å². The first kappa shape index (κ1) is 19.1. The molecule has 1 aliphatic heterocycles. The fourth-order valence-corrected chi connectivity index (χ4v) is 4.41. The van der Waals surface area contributed by atoms with Crippen LogP contribution in [0, 0.1) is 0 Å². The van der Waals surface area contributed by atoms with Crippen molar-refractivity contribution in [1.82, 2.24) is 4.90 Å². The first-order valence-electron chi connectivity index (χ1n) is 8.74. The lowest BCUT2D eigenvalue weighted by atomic mass is 9.98. The summed E-state index contributed by atoms with van der Waals surface area (Å²) in [7, 11) is 0. The third-order valence-corrected chi connectivity index (χ3v) is 5.72. The van der Waals surface area contributed by atoms with E-state index in [4.69, 9.17) is 11.5 Å². The van der Waals surface area contributed by atoms with Crippen molar-refractivity contribution in [3.8, 4) is 0 Å². The molecule has 1 unspecified atom stereocenters. The largest absolute Gasteiger partial charge is 0.366 e. The second kappa shape index (κ2) is 7.89. The average Bonchev–Trinajstić information content (AvgIpc) is 3.09. The monoisotopic (exact) mass is 386 g/mol. The topological polar surface area (TPSA) is 119 Å². The highest BCUT2D eigenvalue weighted by Crippen LogP contribution is 2.34. The number of carbonyl (C=O) groups excluding carboxylic acids is 3. The first-order valence-corrected chi connectivity index (χ1v) is 9.62. The van der Waals surface area contributed by atoms with Crippen molar-refractivity contribution >= 4 is 34.7 Å². The number of hydrogen-bond acceptors (Lipinski definition) is 5. The minimum atomic E-state index is -0.694. The van der Waals surface area contributed by atoms with Crippen molar-refractivity contribution < 1.29 is 14.4 Å². The summed E-state index contributed by atoms with van der Waals surface area (Å²) in [6.07, 6.45) is 1.85. The van der Waals surface area contributed by atoms with Gasteiger partial charge < -0.3 is 16.8 Å². The Hall–Kier alpha value is -2.71. The Morgan fingerprint density at radius 2 is 1.85 bits per heavy atom. The number of hydrogen-bond donors (Lipinski definition) is 3. The van der Waals surface area contributed by atoms with Crippen LogP contribution in [0.2, 0.25) is 0 Å². The number of carbonyl (C=O) groups is 3. The van der Waals surface area contributed by atoms with Crippen LogP contribution in [0.5, 0.6) is 0 Å². The lowest BCUT2D eigenvalue weighted by Gasteiger charge is -2.34. The van der Waals surface area contributed by atoms with E-state index in [9.17, 15) is 14.4 Å². The van der Waals surface area contributed by atoms with Gasteiger partial charge in [-0.3, -0.25) is 19.3 Å². The molecule has 0 radical (unpaired) electrons. The number of amides is 3. The highest BCUT2D eigenvalue weighted by Gasteiger charge is 2.28. The molecule has 1 atom stereocenters. The normalized spacial score (nSPS) is 16.6. The zero-order chi connectivity index (χ0) is 19.6. The van der Waals surface area contributed by atoms with E-state index in [1.165, 1.54) is 28.6 Å². The second-order valence-electron chi connectivity index (χ2n) is 6.52. The summed E-state index contributed by atoms with van der Waals surface area (Å²) in [6.45, 7) is 3.14. The Labute approximate surface area is 161 Å². The minimum absolute atomic E-state index is 0.119. The number of benzene rings is 1. The Kier molecular flexibility index (Phi) is 5.57. The van der Waals surface area contributed by atoms with Gasteiger partial charge in [0.25, 0.3) is 0 Å². The summed E-state index contributed by atoms with van der Waals surface area (Å²) in [5.74, 6) is -1.61. The standard InChI is InChI=1S/C19H22N4O3S/c1-2-15-14-4-6-27-16(14)3-5-23(15)10-17(24)22-13-8-11(18(20)25)7-12(9-13)19(21)26/h4,6-9,15H,2-3,5,10H2,1H3,(H2,20,25)(H2,21,26)(H,22,24). The number of fused-ring (bicyclic) bond motifs is 1. The molecule has 0 saturated heterocycles. The van der Waals surface area contributed by atoms with E-state index in [1.54, 1.807) is 11.3 Å². The fraction of sp³-hybridized carbons (Fsp3) is 0.316. The predicted octanol–water partition coefficient (Wildman–Crippen LogP) is 1.89. The molecule has 0 saturated carbocycles. The number of thiophene rings is 1. The van der Waals surface area contributed by atoms with Gasteiger partial charge in [-0.25, -0.2) is 0 Å². The zero-order valence-electron chi connectivity index (χ0n) is 15.0. The number of primary amides is 2. The summed E-state index contributed by atoms with van der Waals surface area (Å²) < 4.78 is 0. The molecular weight excluding hydrogens is 364 g/mol. The summed E-state index contributed by atoms with van der Waals surface area (Å²) in [5, 5.41) is 4.84. The van der Waals surface area contributed by atoms with Crippen LogP contribution in [-0.4, -0.2) is 35.7 Å². The van der Waals surface area contributed by atoms with Crippen LogP contribution >= 0.6 is 11.3 Å². The summed E-state index contributed by atoms with van der Waals surface area (Å²) >= 11 is 1.76. The highest BCUT2D eigenvalue weighted by molar-refractivity contribution is 7.10.